The van der Waals surface area contributed by atoms with Crippen molar-refractivity contribution in [1.29, 1.82) is 0 Å². The van der Waals surface area contributed by atoms with Crippen LogP contribution in [0.3, 0.4) is 0 Å². The van der Waals surface area contributed by atoms with Crippen LogP contribution in [0.25, 0.3) is 0 Å². The summed E-state index contributed by atoms with van der Waals surface area (Å²) in [6.07, 6.45) is 6.54. The molecule has 0 saturated carbocycles. The molecule has 0 aliphatic heterocycles. The molecule has 124 valence electrons. The van der Waals surface area contributed by atoms with Crippen molar-refractivity contribution in [3.63, 3.8) is 0 Å². The lowest BCUT2D eigenvalue weighted by Crippen LogP contribution is -2.18. The first kappa shape index (κ1) is 18.0. The maximum absolute atomic E-state index is 12.2. The van der Waals surface area contributed by atoms with Crippen molar-refractivity contribution in [2.24, 2.45) is 5.10 Å². The number of sulfonamides is 1. The van der Waals surface area contributed by atoms with Crippen molar-refractivity contribution in [1.82, 2.24) is 4.83 Å². The van der Waals surface area contributed by atoms with E-state index in [1.54, 1.807) is 30.3 Å². The first-order valence-electron chi connectivity index (χ1n) is 6.90. The Bertz CT molecular complexity index is 885. The number of hydrogen-bond donors (Lipinski definition) is 1. The molecule has 5 nitrogen and oxygen atoms in total. The van der Waals surface area contributed by atoms with Crippen molar-refractivity contribution >= 4 is 32.2 Å². The van der Waals surface area contributed by atoms with Gasteiger partial charge in [-0.05, 0) is 37.3 Å². The van der Waals surface area contributed by atoms with Crippen LogP contribution in [0.5, 0.6) is 5.75 Å². The molecule has 24 heavy (non-hydrogen) atoms. The highest BCUT2D eigenvalue weighted by atomic mass is 79.9. The molecule has 0 radical (unpaired) electrons. The maximum atomic E-state index is 12.2. The summed E-state index contributed by atoms with van der Waals surface area (Å²) in [6.45, 7) is 1.99. The van der Waals surface area contributed by atoms with Gasteiger partial charge in [0.15, 0.2) is 0 Å². The third-order valence-electron chi connectivity index (χ3n) is 2.99. The van der Waals surface area contributed by atoms with Gasteiger partial charge >= 0.3 is 0 Å². The molecule has 0 aliphatic rings. The van der Waals surface area contributed by atoms with Crippen LogP contribution in [0.4, 0.5) is 0 Å². The SMILES string of the molecule is C#CCOc1ccc(Br)cc1/C=N/NS(=O)(=O)c1ccc(C)cc1. The van der Waals surface area contributed by atoms with Crippen molar-refractivity contribution in [3.05, 3.63) is 58.1 Å². The van der Waals surface area contributed by atoms with Crippen molar-refractivity contribution < 1.29 is 13.2 Å². The molecule has 2 aromatic rings. The van der Waals surface area contributed by atoms with Crippen LogP contribution in [0, 0.1) is 19.3 Å². The van der Waals surface area contributed by atoms with Gasteiger partial charge in [-0.25, -0.2) is 4.83 Å². The minimum atomic E-state index is -3.72. The van der Waals surface area contributed by atoms with Crippen molar-refractivity contribution in [3.8, 4) is 18.1 Å². The number of benzene rings is 2. The molecular formula is C17H15BrN2O3S. The number of ether oxygens (including phenoxy) is 1. The van der Waals surface area contributed by atoms with Crippen LogP contribution in [-0.4, -0.2) is 21.2 Å². The number of nitrogens with one attached hydrogen (secondary N) is 1. The molecule has 0 heterocycles. The van der Waals surface area contributed by atoms with Crippen LogP contribution in [0.2, 0.25) is 0 Å². The molecule has 0 fully saturated rings. The molecule has 7 heteroatoms. The van der Waals surface area contributed by atoms with Gasteiger partial charge < -0.3 is 4.74 Å². The summed E-state index contributed by atoms with van der Waals surface area (Å²) in [5, 5.41) is 3.81. The zero-order chi connectivity index (χ0) is 17.6. The number of halogens is 1. The zero-order valence-electron chi connectivity index (χ0n) is 12.9. The number of terminal acetylenes is 1. The smallest absolute Gasteiger partial charge is 0.276 e. The second-order valence-corrected chi connectivity index (χ2v) is 7.42. The van der Waals surface area contributed by atoms with E-state index in [4.69, 9.17) is 11.2 Å². The predicted octanol–water partition coefficient (Wildman–Crippen LogP) is 3.08. The average Bonchev–Trinajstić information content (AvgIpc) is 2.54. The van der Waals surface area contributed by atoms with E-state index >= 15 is 0 Å². The van der Waals surface area contributed by atoms with E-state index in [9.17, 15) is 8.42 Å². The van der Waals surface area contributed by atoms with Crippen molar-refractivity contribution in [2.45, 2.75) is 11.8 Å². The highest BCUT2D eigenvalue weighted by Crippen LogP contribution is 2.21. The minimum absolute atomic E-state index is 0.109. The maximum Gasteiger partial charge on any atom is 0.276 e. The van der Waals surface area contributed by atoms with E-state index < -0.39 is 10.0 Å². The summed E-state index contributed by atoms with van der Waals surface area (Å²) >= 11 is 3.34. The Morgan fingerprint density at radius 3 is 2.67 bits per heavy atom. The molecule has 0 aromatic heterocycles. The quantitative estimate of drug-likeness (QED) is 0.455. The van der Waals surface area contributed by atoms with Crippen molar-refractivity contribution in [2.75, 3.05) is 6.61 Å². The fraction of sp³-hybridized carbons (Fsp3) is 0.118. The highest BCUT2D eigenvalue weighted by Gasteiger charge is 2.12. The molecule has 0 spiro atoms. The molecule has 2 rings (SSSR count). The Labute approximate surface area is 149 Å². The van der Waals surface area contributed by atoms with Gasteiger partial charge in [-0.15, -0.1) is 6.42 Å². The standard InChI is InChI=1S/C17H15BrN2O3S/c1-3-10-23-17-9-6-15(18)11-14(17)12-19-20-24(21,22)16-7-4-13(2)5-8-16/h1,4-9,11-12,20H,10H2,2H3/b19-12+. The molecule has 0 bridgehead atoms. The fourth-order valence-electron chi connectivity index (χ4n) is 1.81. The first-order valence-corrected chi connectivity index (χ1v) is 9.17. The monoisotopic (exact) mass is 406 g/mol. The van der Waals surface area contributed by atoms with Gasteiger partial charge in [-0.3, -0.25) is 0 Å². The molecule has 0 amide bonds. The molecule has 0 unspecified atom stereocenters. The second kappa shape index (κ2) is 7.99. The van der Waals surface area contributed by atoms with E-state index in [1.807, 2.05) is 6.92 Å². The summed E-state index contributed by atoms with van der Waals surface area (Å²) < 4.78 is 30.5. The number of hydrazone groups is 1. The Morgan fingerprint density at radius 1 is 1.29 bits per heavy atom. The lowest BCUT2D eigenvalue weighted by atomic mass is 10.2. The highest BCUT2D eigenvalue weighted by molar-refractivity contribution is 9.10. The van der Waals surface area contributed by atoms with Gasteiger partial charge in [-0.1, -0.05) is 39.5 Å². The summed E-state index contributed by atoms with van der Waals surface area (Å²) in [4.78, 5) is 2.32. The Balaban J connectivity index is 2.18. The third kappa shape index (κ3) is 4.85. The topological polar surface area (TPSA) is 67.8 Å². The third-order valence-corrected chi connectivity index (χ3v) is 4.72. The van der Waals surface area contributed by atoms with Gasteiger partial charge in [0.05, 0.1) is 11.1 Å². The van der Waals surface area contributed by atoms with Crippen LogP contribution < -0.4 is 9.57 Å². The lowest BCUT2D eigenvalue weighted by Gasteiger charge is -2.07. The van der Waals surface area contributed by atoms with E-state index in [2.05, 4.69) is 31.8 Å². The van der Waals surface area contributed by atoms with Gasteiger partial charge in [-0.2, -0.15) is 13.5 Å². The Morgan fingerprint density at radius 2 is 2.00 bits per heavy atom. The number of rotatable bonds is 6. The number of nitrogens with zero attached hydrogens (tertiary/aromatic N) is 1. The summed E-state index contributed by atoms with van der Waals surface area (Å²) in [5.74, 6) is 2.88. The second-order valence-electron chi connectivity index (χ2n) is 4.84. The number of aryl methyl sites for hydroxylation is 1. The summed E-state index contributed by atoms with van der Waals surface area (Å²) in [5.41, 5.74) is 1.56. The van der Waals surface area contributed by atoms with Gasteiger partial charge in [0, 0.05) is 10.0 Å². The van der Waals surface area contributed by atoms with Crippen LogP contribution >= 0.6 is 15.9 Å². The lowest BCUT2D eigenvalue weighted by molar-refractivity contribution is 0.370. The average molecular weight is 407 g/mol. The molecule has 0 atom stereocenters. The Kier molecular flexibility index (Phi) is 6.01. The molecule has 0 saturated heterocycles. The van der Waals surface area contributed by atoms with Gasteiger partial charge in [0.1, 0.15) is 12.4 Å². The zero-order valence-corrected chi connectivity index (χ0v) is 15.3. The van der Waals surface area contributed by atoms with E-state index in [0.29, 0.717) is 11.3 Å². The van der Waals surface area contributed by atoms with E-state index in [0.717, 1.165) is 10.0 Å². The summed E-state index contributed by atoms with van der Waals surface area (Å²) in [6, 6.07) is 11.7. The fourth-order valence-corrected chi connectivity index (χ4v) is 2.98. The normalized spacial score (nSPS) is 11.2. The van der Waals surface area contributed by atoms with E-state index in [1.165, 1.54) is 18.3 Å². The molecule has 0 aliphatic carbocycles. The summed E-state index contributed by atoms with van der Waals surface area (Å²) in [7, 11) is -3.72. The molecule has 1 N–H and O–H groups in total. The molecule has 2 aromatic carbocycles. The first-order chi connectivity index (χ1) is 11.4. The minimum Gasteiger partial charge on any atom is -0.480 e. The number of hydrogen-bond acceptors (Lipinski definition) is 4. The van der Waals surface area contributed by atoms with Gasteiger partial charge in [0.25, 0.3) is 10.0 Å². The molecular weight excluding hydrogens is 392 g/mol. The Hall–Kier alpha value is -2.30. The van der Waals surface area contributed by atoms with Crippen LogP contribution in [0.15, 0.2) is 56.9 Å². The van der Waals surface area contributed by atoms with Gasteiger partial charge in [0.2, 0.25) is 0 Å². The van der Waals surface area contributed by atoms with Crippen LogP contribution in [0.1, 0.15) is 11.1 Å². The largest absolute Gasteiger partial charge is 0.480 e. The van der Waals surface area contributed by atoms with E-state index in [-0.39, 0.29) is 11.5 Å². The predicted molar refractivity (Wildman–Crippen MR) is 97.6 cm³/mol. The van der Waals surface area contributed by atoms with Crippen LogP contribution in [-0.2, 0) is 10.0 Å².